The van der Waals surface area contributed by atoms with Crippen LogP contribution in [0.2, 0.25) is 0 Å². The number of ether oxygens (including phenoxy) is 1. The molecule has 0 saturated heterocycles. The van der Waals surface area contributed by atoms with Gasteiger partial charge >= 0.3 is 0 Å². The second-order valence-corrected chi connectivity index (χ2v) is 7.34. The summed E-state index contributed by atoms with van der Waals surface area (Å²) in [7, 11) is 0. The largest absolute Gasteiger partial charge is 0.493 e. The molecule has 2 nitrogen and oxygen atoms in total. The molecule has 1 aromatic heterocycles. The van der Waals surface area contributed by atoms with E-state index in [0.717, 1.165) is 24.6 Å². The predicted octanol–water partition coefficient (Wildman–Crippen LogP) is 5.16. The molecule has 0 atom stereocenters. The standard InChI is InChI=1S/C15H18BrNOS/c1-11(2)10-18-13-5-3-4-12(8-13)17-9-14-6-7-15(16)19-14/h3-8,11,17H,9-10H2,1-2H3. The first-order chi connectivity index (χ1) is 9.13. The van der Waals surface area contributed by atoms with Gasteiger partial charge in [0.2, 0.25) is 0 Å². The molecule has 0 aliphatic rings. The van der Waals surface area contributed by atoms with E-state index < -0.39 is 0 Å². The highest BCUT2D eigenvalue weighted by atomic mass is 79.9. The number of hydrogen-bond acceptors (Lipinski definition) is 3. The number of benzene rings is 1. The Labute approximate surface area is 126 Å². The Bertz CT molecular complexity index is 524. The minimum atomic E-state index is 0.542. The summed E-state index contributed by atoms with van der Waals surface area (Å²) in [5, 5.41) is 3.41. The average Bonchev–Trinajstić information content (AvgIpc) is 2.80. The summed E-state index contributed by atoms with van der Waals surface area (Å²) in [5.41, 5.74) is 1.09. The maximum Gasteiger partial charge on any atom is 0.121 e. The normalized spacial score (nSPS) is 10.7. The summed E-state index contributed by atoms with van der Waals surface area (Å²) in [6.45, 7) is 5.89. The van der Waals surface area contributed by atoms with Gasteiger partial charge in [-0.2, -0.15) is 0 Å². The van der Waals surface area contributed by atoms with Gasteiger partial charge < -0.3 is 10.1 Å². The number of rotatable bonds is 6. The molecule has 0 spiro atoms. The van der Waals surface area contributed by atoms with E-state index >= 15 is 0 Å². The van der Waals surface area contributed by atoms with Crippen LogP contribution in [0.3, 0.4) is 0 Å². The molecule has 2 rings (SSSR count). The molecule has 0 fully saturated rings. The van der Waals surface area contributed by atoms with Crippen molar-refractivity contribution in [2.24, 2.45) is 5.92 Å². The van der Waals surface area contributed by atoms with Gasteiger partial charge in [-0.1, -0.05) is 19.9 Å². The van der Waals surface area contributed by atoms with Crippen molar-refractivity contribution in [1.29, 1.82) is 0 Å². The van der Waals surface area contributed by atoms with Crippen LogP contribution in [0.25, 0.3) is 0 Å². The van der Waals surface area contributed by atoms with Gasteiger partial charge in [-0.05, 0) is 46.1 Å². The summed E-state index contributed by atoms with van der Waals surface area (Å²) < 4.78 is 6.88. The first-order valence-electron chi connectivity index (χ1n) is 6.34. The van der Waals surface area contributed by atoms with E-state index in [2.05, 4.69) is 53.3 Å². The molecule has 2 aromatic rings. The van der Waals surface area contributed by atoms with E-state index in [1.807, 2.05) is 18.2 Å². The lowest BCUT2D eigenvalue weighted by Crippen LogP contribution is -2.05. The lowest BCUT2D eigenvalue weighted by atomic mass is 10.2. The van der Waals surface area contributed by atoms with Gasteiger partial charge in [-0.3, -0.25) is 0 Å². The van der Waals surface area contributed by atoms with Crippen molar-refractivity contribution in [3.8, 4) is 5.75 Å². The van der Waals surface area contributed by atoms with Crippen LogP contribution in [-0.4, -0.2) is 6.61 Å². The molecule has 0 radical (unpaired) electrons. The molecule has 0 aliphatic heterocycles. The molecule has 0 amide bonds. The van der Waals surface area contributed by atoms with Crippen LogP contribution in [-0.2, 0) is 6.54 Å². The zero-order chi connectivity index (χ0) is 13.7. The molecule has 1 N–H and O–H groups in total. The fraction of sp³-hybridized carbons (Fsp3) is 0.333. The second kappa shape index (κ2) is 6.96. The molecule has 1 aromatic carbocycles. The van der Waals surface area contributed by atoms with Crippen LogP contribution < -0.4 is 10.1 Å². The molecule has 0 saturated carbocycles. The van der Waals surface area contributed by atoms with Crippen molar-refractivity contribution in [3.63, 3.8) is 0 Å². The molecule has 4 heteroatoms. The lowest BCUT2D eigenvalue weighted by Gasteiger charge is -2.10. The van der Waals surface area contributed by atoms with Crippen molar-refractivity contribution in [1.82, 2.24) is 0 Å². The fourth-order valence-electron chi connectivity index (χ4n) is 1.59. The minimum Gasteiger partial charge on any atom is -0.493 e. The molecule has 19 heavy (non-hydrogen) atoms. The summed E-state index contributed by atoms with van der Waals surface area (Å²) in [4.78, 5) is 1.31. The topological polar surface area (TPSA) is 21.3 Å². The van der Waals surface area contributed by atoms with Crippen molar-refractivity contribution in [3.05, 3.63) is 45.1 Å². The maximum atomic E-state index is 5.72. The Kier molecular flexibility index (Phi) is 5.28. The SMILES string of the molecule is CC(C)COc1cccc(NCc2ccc(Br)s2)c1. The van der Waals surface area contributed by atoms with Crippen LogP contribution >= 0.6 is 27.3 Å². The molecular formula is C15H18BrNOS. The third kappa shape index (κ3) is 4.88. The number of nitrogens with one attached hydrogen (secondary N) is 1. The second-order valence-electron chi connectivity index (χ2n) is 4.79. The molecule has 0 aliphatic carbocycles. The summed E-state index contributed by atoms with van der Waals surface area (Å²) in [6.07, 6.45) is 0. The molecular weight excluding hydrogens is 322 g/mol. The highest BCUT2D eigenvalue weighted by Gasteiger charge is 2.01. The first-order valence-corrected chi connectivity index (χ1v) is 7.95. The van der Waals surface area contributed by atoms with E-state index in [0.29, 0.717) is 5.92 Å². The summed E-state index contributed by atoms with van der Waals surface area (Å²) in [5.74, 6) is 1.46. The van der Waals surface area contributed by atoms with Crippen LogP contribution in [0.15, 0.2) is 40.2 Å². The van der Waals surface area contributed by atoms with Crippen LogP contribution in [0.5, 0.6) is 5.75 Å². The van der Waals surface area contributed by atoms with Crippen molar-refractivity contribution in [2.75, 3.05) is 11.9 Å². The molecule has 102 valence electrons. The van der Waals surface area contributed by atoms with Gasteiger partial charge in [0.25, 0.3) is 0 Å². The third-order valence-corrected chi connectivity index (χ3v) is 4.14. The number of halogens is 1. The Morgan fingerprint density at radius 3 is 2.79 bits per heavy atom. The number of anilines is 1. The van der Waals surface area contributed by atoms with Gasteiger partial charge in [0.1, 0.15) is 5.75 Å². The van der Waals surface area contributed by atoms with Crippen LogP contribution in [0.4, 0.5) is 5.69 Å². The summed E-state index contributed by atoms with van der Waals surface area (Å²) >= 11 is 5.22. The van der Waals surface area contributed by atoms with Crippen molar-refractivity contribution < 1.29 is 4.74 Å². The Hall–Kier alpha value is -1.000. The average molecular weight is 340 g/mol. The zero-order valence-corrected chi connectivity index (χ0v) is 13.6. The van der Waals surface area contributed by atoms with Gasteiger partial charge in [0.05, 0.1) is 10.4 Å². The monoisotopic (exact) mass is 339 g/mol. The fourth-order valence-corrected chi connectivity index (χ4v) is 3.02. The van der Waals surface area contributed by atoms with Gasteiger partial charge in [-0.25, -0.2) is 0 Å². The Morgan fingerprint density at radius 2 is 2.11 bits per heavy atom. The lowest BCUT2D eigenvalue weighted by molar-refractivity contribution is 0.271. The smallest absolute Gasteiger partial charge is 0.121 e. The number of hydrogen-bond donors (Lipinski definition) is 1. The van der Waals surface area contributed by atoms with Gasteiger partial charge in [0, 0.05) is 23.2 Å². The Balaban J connectivity index is 1.91. The molecule has 0 bridgehead atoms. The Morgan fingerprint density at radius 1 is 1.26 bits per heavy atom. The van der Waals surface area contributed by atoms with Crippen molar-refractivity contribution >= 4 is 33.0 Å². The van der Waals surface area contributed by atoms with Crippen LogP contribution in [0, 0.1) is 5.92 Å². The quantitative estimate of drug-likeness (QED) is 0.784. The number of thiophene rings is 1. The van der Waals surface area contributed by atoms with E-state index in [4.69, 9.17) is 4.74 Å². The van der Waals surface area contributed by atoms with E-state index in [1.54, 1.807) is 11.3 Å². The minimum absolute atomic E-state index is 0.542. The van der Waals surface area contributed by atoms with E-state index in [1.165, 1.54) is 8.66 Å². The maximum absolute atomic E-state index is 5.72. The van der Waals surface area contributed by atoms with E-state index in [-0.39, 0.29) is 0 Å². The van der Waals surface area contributed by atoms with Crippen LogP contribution in [0.1, 0.15) is 18.7 Å². The highest BCUT2D eigenvalue weighted by Crippen LogP contribution is 2.24. The highest BCUT2D eigenvalue weighted by molar-refractivity contribution is 9.11. The predicted molar refractivity (Wildman–Crippen MR) is 86.1 cm³/mol. The first kappa shape index (κ1) is 14.4. The van der Waals surface area contributed by atoms with Gasteiger partial charge in [-0.15, -0.1) is 11.3 Å². The molecule has 0 unspecified atom stereocenters. The van der Waals surface area contributed by atoms with Crippen molar-refractivity contribution in [2.45, 2.75) is 20.4 Å². The van der Waals surface area contributed by atoms with E-state index in [9.17, 15) is 0 Å². The third-order valence-electron chi connectivity index (χ3n) is 2.51. The van der Waals surface area contributed by atoms with Gasteiger partial charge in [0.15, 0.2) is 0 Å². The molecule has 1 heterocycles. The summed E-state index contributed by atoms with van der Waals surface area (Å²) in [6, 6.07) is 12.3. The zero-order valence-electron chi connectivity index (χ0n) is 11.2.